The van der Waals surface area contributed by atoms with Crippen LogP contribution in [0.15, 0.2) is 30.3 Å². The molecule has 0 aromatic heterocycles. The van der Waals surface area contributed by atoms with E-state index >= 15 is 0 Å². The molecule has 0 unspecified atom stereocenters. The van der Waals surface area contributed by atoms with Crippen LogP contribution in [0.4, 0.5) is 0 Å². The van der Waals surface area contributed by atoms with Crippen molar-refractivity contribution in [3.63, 3.8) is 0 Å². The van der Waals surface area contributed by atoms with Gasteiger partial charge in [0.1, 0.15) is 9.52 Å². The van der Waals surface area contributed by atoms with Gasteiger partial charge in [-0.05, 0) is 12.1 Å². The van der Waals surface area contributed by atoms with Gasteiger partial charge in [0.05, 0.1) is 0 Å². The van der Waals surface area contributed by atoms with E-state index in [1.54, 1.807) is 0 Å². The molecule has 1 rings (SSSR count). The highest BCUT2D eigenvalue weighted by Gasteiger charge is 1.78. The monoisotopic (exact) mass is 146 g/mol. The molecule has 0 saturated carbocycles. The molecule has 0 radical (unpaired) electrons. The van der Waals surface area contributed by atoms with Crippen LogP contribution in [0.2, 0.25) is 6.55 Å². The Labute approximate surface area is 64.1 Å². The molecule has 1 heteroatoms. The Balaban J connectivity index is 2.76. The van der Waals surface area contributed by atoms with Gasteiger partial charge < -0.3 is 0 Å². The van der Waals surface area contributed by atoms with E-state index in [1.165, 1.54) is 0 Å². The fourth-order valence-electron chi connectivity index (χ4n) is 0.712. The number of hydrogen-bond acceptors (Lipinski definition) is 0. The molecule has 1 aromatic rings. The molecule has 50 valence electrons. The molecule has 0 aliphatic carbocycles. The molecule has 0 amide bonds. The van der Waals surface area contributed by atoms with Crippen LogP contribution in [-0.4, -0.2) is 9.52 Å². The molecule has 1 aromatic carbocycles. The van der Waals surface area contributed by atoms with Crippen LogP contribution >= 0.6 is 0 Å². The summed E-state index contributed by atoms with van der Waals surface area (Å²) in [4.78, 5) is 0. The lowest BCUT2D eigenvalue weighted by molar-refractivity contribution is 1.65. The average molecular weight is 146 g/mol. The second-order valence-corrected chi connectivity index (χ2v) is 3.08. The summed E-state index contributed by atoms with van der Waals surface area (Å²) < 4.78 is 0. The van der Waals surface area contributed by atoms with E-state index < -0.39 is 0 Å². The lowest BCUT2D eigenvalue weighted by Crippen LogP contribution is -1.74. The first-order valence-electron chi connectivity index (χ1n) is 3.47. The standard InChI is InChI=1S/C9H10Si/c1-10-8-7-9-5-3-2-4-6-9/h2-6H,10H2,1H3. The van der Waals surface area contributed by atoms with Crippen molar-refractivity contribution >= 4 is 9.52 Å². The highest BCUT2D eigenvalue weighted by atomic mass is 28.2. The summed E-state index contributed by atoms with van der Waals surface area (Å²) >= 11 is 0. The van der Waals surface area contributed by atoms with E-state index in [9.17, 15) is 0 Å². The SMILES string of the molecule is C[SiH2]C#Cc1ccccc1. The minimum atomic E-state index is -0.0909. The largest absolute Gasteiger partial charge is 0.135 e. The molecule has 0 bridgehead atoms. The molecule has 0 nitrogen and oxygen atoms in total. The van der Waals surface area contributed by atoms with Gasteiger partial charge in [-0.25, -0.2) is 0 Å². The van der Waals surface area contributed by atoms with Crippen molar-refractivity contribution in [1.29, 1.82) is 0 Å². The van der Waals surface area contributed by atoms with E-state index in [0.717, 1.165) is 5.56 Å². The Kier molecular flexibility index (Phi) is 2.78. The van der Waals surface area contributed by atoms with Crippen LogP contribution in [0.1, 0.15) is 5.56 Å². The Hall–Kier alpha value is -1.00. The van der Waals surface area contributed by atoms with Crippen LogP contribution in [-0.2, 0) is 0 Å². The van der Waals surface area contributed by atoms with Crippen LogP contribution in [0.3, 0.4) is 0 Å². The van der Waals surface area contributed by atoms with Crippen molar-refractivity contribution in [1.82, 2.24) is 0 Å². The van der Waals surface area contributed by atoms with Crippen LogP contribution in [0, 0.1) is 11.5 Å². The van der Waals surface area contributed by atoms with Crippen LogP contribution in [0.5, 0.6) is 0 Å². The maximum absolute atomic E-state index is 3.15. The maximum Gasteiger partial charge on any atom is 0.104 e. The van der Waals surface area contributed by atoms with E-state index in [4.69, 9.17) is 0 Å². The second kappa shape index (κ2) is 3.92. The molecular weight excluding hydrogens is 136 g/mol. The average Bonchev–Trinajstić information content (AvgIpc) is 2.03. The van der Waals surface area contributed by atoms with Gasteiger partial charge >= 0.3 is 0 Å². The second-order valence-electron chi connectivity index (χ2n) is 2.02. The normalized spacial score (nSPS) is 9.30. The number of rotatable bonds is 0. The molecule has 0 spiro atoms. The molecule has 0 aliphatic rings. The Bertz CT molecular complexity index is 240. The molecular formula is C9H10Si. The van der Waals surface area contributed by atoms with E-state index in [2.05, 4.69) is 18.0 Å². The summed E-state index contributed by atoms with van der Waals surface area (Å²) in [5.41, 5.74) is 4.29. The third-order valence-electron chi connectivity index (χ3n) is 1.18. The number of benzene rings is 1. The predicted octanol–water partition coefficient (Wildman–Crippen LogP) is 1.21. The quantitative estimate of drug-likeness (QED) is 0.381. The van der Waals surface area contributed by atoms with Gasteiger partial charge in [0.15, 0.2) is 0 Å². The molecule has 10 heavy (non-hydrogen) atoms. The molecule has 0 fully saturated rings. The fraction of sp³-hybridized carbons (Fsp3) is 0.111. The topological polar surface area (TPSA) is 0 Å². The zero-order chi connectivity index (χ0) is 7.23. The lowest BCUT2D eigenvalue weighted by Gasteiger charge is -1.84. The summed E-state index contributed by atoms with van der Waals surface area (Å²) in [6.45, 7) is 2.19. The zero-order valence-corrected chi connectivity index (χ0v) is 7.51. The van der Waals surface area contributed by atoms with Gasteiger partial charge in [-0.3, -0.25) is 0 Å². The van der Waals surface area contributed by atoms with Crippen molar-refractivity contribution in [3.05, 3.63) is 35.9 Å². The summed E-state index contributed by atoms with van der Waals surface area (Å²) in [5.74, 6) is 3.11. The third-order valence-corrected chi connectivity index (χ3v) is 1.71. The Morgan fingerprint density at radius 2 is 1.90 bits per heavy atom. The first-order chi connectivity index (χ1) is 4.93. The minimum absolute atomic E-state index is 0.0909. The molecule has 0 saturated heterocycles. The van der Waals surface area contributed by atoms with Crippen molar-refractivity contribution in [3.8, 4) is 11.5 Å². The van der Waals surface area contributed by atoms with Crippen molar-refractivity contribution in [2.45, 2.75) is 6.55 Å². The molecule has 0 heterocycles. The van der Waals surface area contributed by atoms with E-state index in [1.807, 2.05) is 30.3 Å². The molecule has 0 atom stereocenters. The van der Waals surface area contributed by atoms with Crippen LogP contribution in [0.25, 0.3) is 0 Å². The predicted molar refractivity (Wildman–Crippen MR) is 47.7 cm³/mol. The Morgan fingerprint density at radius 1 is 1.20 bits per heavy atom. The van der Waals surface area contributed by atoms with Crippen molar-refractivity contribution < 1.29 is 0 Å². The summed E-state index contributed by atoms with van der Waals surface area (Å²) in [7, 11) is -0.0909. The van der Waals surface area contributed by atoms with Gasteiger partial charge in [0.25, 0.3) is 0 Å². The van der Waals surface area contributed by atoms with E-state index in [0.29, 0.717) is 0 Å². The summed E-state index contributed by atoms with van der Waals surface area (Å²) in [6, 6.07) is 10.1. The van der Waals surface area contributed by atoms with Crippen LogP contribution < -0.4 is 0 Å². The van der Waals surface area contributed by atoms with Gasteiger partial charge in [0, 0.05) is 5.56 Å². The maximum atomic E-state index is 3.15. The van der Waals surface area contributed by atoms with Gasteiger partial charge in [-0.15, -0.1) is 5.54 Å². The smallest absolute Gasteiger partial charge is 0.104 e. The number of hydrogen-bond donors (Lipinski definition) is 0. The lowest BCUT2D eigenvalue weighted by atomic mass is 10.2. The fourth-order valence-corrected chi connectivity index (χ4v) is 1.09. The van der Waals surface area contributed by atoms with Gasteiger partial charge in [-0.2, -0.15) is 0 Å². The minimum Gasteiger partial charge on any atom is -0.135 e. The van der Waals surface area contributed by atoms with Gasteiger partial charge in [0.2, 0.25) is 0 Å². The third kappa shape index (κ3) is 2.08. The summed E-state index contributed by atoms with van der Waals surface area (Å²) in [5, 5.41) is 0. The van der Waals surface area contributed by atoms with Crippen molar-refractivity contribution in [2.75, 3.05) is 0 Å². The van der Waals surface area contributed by atoms with Gasteiger partial charge in [-0.1, -0.05) is 30.7 Å². The first kappa shape index (κ1) is 7.11. The van der Waals surface area contributed by atoms with Crippen molar-refractivity contribution in [2.24, 2.45) is 0 Å². The first-order valence-corrected chi connectivity index (χ1v) is 5.59. The highest BCUT2D eigenvalue weighted by Crippen LogP contribution is 1.93. The zero-order valence-electron chi connectivity index (χ0n) is 6.09. The molecule has 0 aliphatic heterocycles. The molecule has 0 N–H and O–H groups in total. The Morgan fingerprint density at radius 3 is 2.50 bits per heavy atom. The highest BCUT2D eigenvalue weighted by molar-refractivity contribution is 6.44. The summed E-state index contributed by atoms with van der Waals surface area (Å²) in [6.07, 6.45) is 0. The van der Waals surface area contributed by atoms with E-state index in [-0.39, 0.29) is 9.52 Å².